The van der Waals surface area contributed by atoms with Crippen LogP contribution in [0.3, 0.4) is 0 Å². The molecule has 3 rings (SSSR count). The first-order chi connectivity index (χ1) is 12.5. The number of piperidine rings is 1. The van der Waals surface area contributed by atoms with Crippen LogP contribution in [0.15, 0.2) is 42.6 Å². The lowest BCUT2D eigenvalue weighted by atomic mass is 9.99. The summed E-state index contributed by atoms with van der Waals surface area (Å²) >= 11 is 5.42. The average molecular weight is 369 g/mol. The maximum atomic E-state index is 5.42. The van der Waals surface area contributed by atoms with Crippen LogP contribution in [-0.2, 0) is 0 Å². The van der Waals surface area contributed by atoms with E-state index in [2.05, 4.69) is 58.6 Å². The largest absolute Gasteiger partial charge is 0.371 e. The third kappa shape index (κ3) is 4.94. The Morgan fingerprint density at radius 2 is 2.00 bits per heavy atom. The van der Waals surface area contributed by atoms with E-state index in [1.807, 2.05) is 25.3 Å². The van der Waals surface area contributed by atoms with Crippen molar-refractivity contribution in [1.29, 1.82) is 0 Å². The van der Waals surface area contributed by atoms with Gasteiger partial charge in [0.15, 0.2) is 5.11 Å². The maximum absolute atomic E-state index is 5.42. The molecule has 2 N–H and O–H groups in total. The molecular formula is C21H28N4S. The predicted molar refractivity (Wildman–Crippen MR) is 114 cm³/mol. The van der Waals surface area contributed by atoms with Gasteiger partial charge < -0.3 is 15.5 Å². The molecule has 2 aromatic rings. The molecule has 1 saturated heterocycles. The van der Waals surface area contributed by atoms with Gasteiger partial charge in [-0.15, -0.1) is 0 Å². The number of hydrogen-bond donors (Lipinski definition) is 2. The highest BCUT2D eigenvalue weighted by Gasteiger charge is 2.17. The first-order valence-electron chi connectivity index (χ1n) is 9.36. The van der Waals surface area contributed by atoms with Crippen molar-refractivity contribution in [1.82, 2.24) is 10.3 Å². The molecule has 1 aliphatic heterocycles. The summed E-state index contributed by atoms with van der Waals surface area (Å²) in [4.78, 5) is 6.81. The number of thiocarbonyl (C=S) groups is 1. The Bertz CT molecular complexity index is 727. The van der Waals surface area contributed by atoms with E-state index in [9.17, 15) is 0 Å². The van der Waals surface area contributed by atoms with E-state index in [0.717, 1.165) is 30.4 Å². The lowest BCUT2D eigenvalue weighted by Gasteiger charge is -2.33. The van der Waals surface area contributed by atoms with Crippen molar-refractivity contribution < 1.29 is 0 Å². The van der Waals surface area contributed by atoms with Gasteiger partial charge in [0, 0.05) is 25.0 Å². The van der Waals surface area contributed by atoms with Crippen LogP contribution in [0.5, 0.6) is 0 Å². The summed E-state index contributed by atoms with van der Waals surface area (Å²) in [6, 6.07) is 12.9. The Balaban J connectivity index is 1.56. The van der Waals surface area contributed by atoms with Gasteiger partial charge >= 0.3 is 0 Å². The van der Waals surface area contributed by atoms with Gasteiger partial charge in [-0.1, -0.05) is 25.1 Å². The Hall–Kier alpha value is -2.14. The zero-order chi connectivity index (χ0) is 18.5. The van der Waals surface area contributed by atoms with Crippen LogP contribution in [0.4, 0.5) is 11.5 Å². The Morgan fingerprint density at radius 3 is 2.65 bits per heavy atom. The van der Waals surface area contributed by atoms with Crippen molar-refractivity contribution in [2.24, 2.45) is 5.92 Å². The quantitative estimate of drug-likeness (QED) is 0.767. The minimum Gasteiger partial charge on any atom is -0.371 e. The first-order valence-corrected chi connectivity index (χ1v) is 9.77. The zero-order valence-electron chi connectivity index (χ0n) is 15.8. The Morgan fingerprint density at radius 1 is 1.23 bits per heavy atom. The second-order valence-corrected chi connectivity index (χ2v) is 7.73. The number of nitrogens with zero attached hydrogens (tertiary/aromatic N) is 2. The fourth-order valence-electron chi connectivity index (χ4n) is 3.37. The monoisotopic (exact) mass is 368 g/mol. The molecule has 1 fully saturated rings. The highest BCUT2D eigenvalue weighted by Crippen LogP contribution is 2.24. The number of pyridine rings is 1. The van der Waals surface area contributed by atoms with E-state index in [4.69, 9.17) is 12.2 Å². The van der Waals surface area contributed by atoms with Gasteiger partial charge in [0.1, 0.15) is 5.82 Å². The molecule has 1 aromatic carbocycles. The summed E-state index contributed by atoms with van der Waals surface area (Å²) in [6.45, 7) is 8.79. The number of rotatable bonds is 4. The van der Waals surface area contributed by atoms with E-state index >= 15 is 0 Å². The molecule has 2 heterocycles. The van der Waals surface area contributed by atoms with Crippen molar-refractivity contribution in [2.75, 3.05) is 23.3 Å². The summed E-state index contributed by atoms with van der Waals surface area (Å²) in [5, 5.41) is 7.06. The minimum atomic E-state index is 0.134. The topological polar surface area (TPSA) is 40.2 Å². The summed E-state index contributed by atoms with van der Waals surface area (Å²) in [5.41, 5.74) is 3.67. The van der Waals surface area contributed by atoms with E-state index in [0.29, 0.717) is 5.11 Å². The standard InChI is InChI=1S/C21H28N4S/c1-15-6-11-20(22-13-15)24-21(26)23-17(3)18-7-9-19(10-8-18)25-12-4-5-16(2)14-25/h6-11,13,16-17H,4-5,12,14H2,1-3H3,(H2,22,23,24,26). The fraction of sp³-hybridized carbons (Fsp3) is 0.429. The zero-order valence-corrected chi connectivity index (χ0v) is 16.6. The van der Waals surface area contributed by atoms with Crippen LogP contribution in [0, 0.1) is 12.8 Å². The average Bonchev–Trinajstić information content (AvgIpc) is 2.64. The Labute approximate surface area is 162 Å². The molecule has 1 aromatic heterocycles. The van der Waals surface area contributed by atoms with Crippen molar-refractivity contribution in [3.63, 3.8) is 0 Å². The van der Waals surface area contributed by atoms with Crippen molar-refractivity contribution in [3.05, 3.63) is 53.7 Å². The lowest BCUT2D eigenvalue weighted by Crippen LogP contribution is -2.34. The van der Waals surface area contributed by atoms with E-state index in [1.165, 1.54) is 24.1 Å². The van der Waals surface area contributed by atoms with E-state index in [1.54, 1.807) is 0 Å². The van der Waals surface area contributed by atoms with E-state index < -0.39 is 0 Å². The number of anilines is 2. The second kappa shape index (κ2) is 8.49. The smallest absolute Gasteiger partial charge is 0.172 e. The molecule has 26 heavy (non-hydrogen) atoms. The van der Waals surface area contributed by atoms with Gasteiger partial charge in [0.2, 0.25) is 0 Å². The summed E-state index contributed by atoms with van der Waals surface area (Å²) in [7, 11) is 0. The molecule has 0 amide bonds. The van der Waals surface area contributed by atoms with Crippen LogP contribution in [0.25, 0.3) is 0 Å². The molecule has 0 bridgehead atoms. The van der Waals surface area contributed by atoms with Gasteiger partial charge in [-0.25, -0.2) is 4.98 Å². The van der Waals surface area contributed by atoms with Crippen LogP contribution in [-0.4, -0.2) is 23.2 Å². The Kier molecular flexibility index (Phi) is 6.09. The highest BCUT2D eigenvalue weighted by molar-refractivity contribution is 7.80. The number of hydrogen-bond acceptors (Lipinski definition) is 3. The van der Waals surface area contributed by atoms with Gasteiger partial charge in [-0.3, -0.25) is 0 Å². The SMILES string of the molecule is Cc1ccc(NC(=S)NC(C)c2ccc(N3CCCC(C)C3)cc2)nc1. The number of benzene rings is 1. The number of aryl methyl sites for hydroxylation is 1. The number of aromatic nitrogens is 1. The predicted octanol–water partition coefficient (Wildman–Crippen LogP) is 4.67. The molecular weight excluding hydrogens is 340 g/mol. The normalized spacial score (nSPS) is 18.3. The van der Waals surface area contributed by atoms with Gasteiger partial charge in [-0.2, -0.15) is 0 Å². The molecule has 138 valence electrons. The van der Waals surface area contributed by atoms with Gasteiger partial charge in [0.25, 0.3) is 0 Å². The molecule has 4 nitrogen and oxygen atoms in total. The van der Waals surface area contributed by atoms with Crippen LogP contribution in [0.2, 0.25) is 0 Å². The molecule has 0 radical (unpaired) electrons. The third-order valence-electron chi connectivity index (χ3n) is 4.92. The van der Waals surface area contributed by atoms with Crippen LogP contribution >= 0.6 is 12.2 Å². The summed E-state index contributed by atoms with van der Waals surface area (Å²) < 4.78 is 0. The lowest BCUT2D eigenvalue weighted by molar-refractivity contribution is 0.447. The molecule has 2 unspecified atom stereocenters. The third-order valence-corrected chi connectivity index (χ3v) is 5.14. The highest BCUT2D eigenvalue weighted by atomic mass is 32.1. The van der Waals surface area contributed by atoms with Crippen LogP contribution < -0.4 is 15.5 Å². The van der Waals surface area contributed by atoms with Crippen molar-refractivity contribution in [3.8, 4) is 0 Å². The molecule has 1 aliphatic rings. The fourth-order valence-corrected chi connectivity index (χ4v) is 3.65. The van der Waals surface area contributed by atoms with Gasteiger partial charge in [0.05, 0.1) is 6.04 Å². The summed E-state index contributed by atoms with van der Waals surface area (Å²) in [6.07, 6.45) is 4.46. The van der Waals surface area contributed by atoms with Crippen molar-refractivity contribution >= 4 is 28.8 Å². The molecule has 0 aliphatic carbocycles. The maximum Gasteiger partial charge on any atom is 0.172 e. The molecule has 5 heteroatoms. The second-order valence-electron chi connectivity index (χ2n) is 7.33. The summed E-state index contributed by atoms with van der Waals surface area (Å²) in [5.74, 6) is 1.54. The molecule has 0 saturated carbocycles. The van der Waals surface area contributed by atoms with Crippen molar-refractivity contribution in [2.45, 2.75) is 39.7 Å². The first kappa shape index (κ1) is 18.6. The molecule has 0 spiro atoms. The molecule has 2 atom stereocenters. The number of nitrogens with one attached hydrogen (secondary N) is 2. The minimum absolute atomic E-state index is 0.134. The van der Waals surface area contributed by atoms with Crippen LogP contribution in [0.1, 0.15) is 43.9 Å². The van der Waals surface area contributed by atoms with Gasteiger partial charge in [-0.05, 0) is 74.2 Å². The van der Waals surface area contributed by atoms with E-state index in [-0.39, 0.29) is 6.04 Å².